The van der Waals surface area contributed by atoms with E-state index in [2.05, 4.69) is 0 Å². The minimum Gasteiger partial charge on any atom is -0.396 e. The van der Waals surface area contributed by atoms with Crippen LogP contribution in [-0.2, 0) is 0 Å². The van der Waals surface area contributed by atoms with Crippen molar-refractivity contribution in [3.8, 4) is 0 Å². The molecule has 1 rings (SSSR count). The van der Waals surface area contributed by atoms with Crippen molar-refractivity contribution in [1.29, 1.82) is 0 Å². The van der Waals surface area contributed by atoms with E-state index in [1.165, 1.54) is 0 Å². The molecule has 0 aliphatic carbocycles. The highest BCUT2D eigenvalue weighted by atomic mass is 35.5. The summed E-state index contributed by atoms with van der Waals surface area (Å²) in [6.45, 7) is 0. The number of nitrogens with two attached hydrogens (primary N) is 1. The Morgan fingerprint density at radius 3 is 2.25 bits per heavy atom. The third-order valence-corrected chi connectivity index (χ3v) is 1.28. The fourth-order valence-corrected chi connectivity index (χ4v) is 0.679. The minimum atomic E-state index is -2.65. The van der Waals surface area contributed by atoms with Crippen molar-refractivity contribution in [2.45, 2.75) is 6.43 Å². The molecule has 0 saturated carbocycles. The summed E-state index contributed by atoms with van der Waals surface area (Å²) in [4.78, 5) is 0. The van der Waals surface area contributed by atoms with E-state index in [0.717, 1.165) is 18.2 Å². The molecule has 1 nitrogen and oxygen atoms in total. The second-order valence-corrected chi connectivity index (χ2v) is 2.08. The quantitative estimate of drug-likeness (QED) is 0.689. The average molecular weight is 198 g/mol. The van der Waals surface area contributed by atoms with Gasteiger partial charge in [-0.2, -0.15) is 0 Å². The molecule has 5 heteroatoms. The summed E-state index contributed by atoms with van der Waals surface area (Å²) in [6.07, 6.45) is -2.65. The number of hydrogen-bond donors (Lipinski definition) is 1. The number of rotatable bonds is 1. The highest BCUT2D eigenvalue weighted by molar-refractivity contribution is 5.85. The van der Waals surface area contributed by atoms with E-state index in [0.29, 0.717) is 0 Å². The Balaban J connectivity index is 0.00000121. The number of hydrogen-bond acceptors (Lipinski definition) is 1. The Kier molecular flexibility index (Phi) is 3.89. The first-order valence-corrected chi connectivity index (χ1v) is 2.94. The molecule has 0 saturated heterocycles. The first kappa shape index (κ1) is 11.1. The first-order valence-electron chi connectivity index (χ1n) is 2.94. The summed E-state index contributed by atoms with van der Waals surface area (Å²) < 4.78 is 36.2. The monoisotopic (exact) mass is 197 g/mol. The van der Waals surface area contributed by atoms with Gasteiger partial charge in [-0.15, -0.1) is 12.4 Å². The molecule has 0 bridgehead atoms. The van der Waals surface area contributed by atoms with Gasteiger partial charge in [0.1, 0.15) is 5.82 Å². The van der Waals surface area contributed by atoms with Gasteiger partial charge in [0.15, 0.2) is 0 Å². The van der Waals surface area contributed by atoms with Gasteiger partial charge in [0.05, 0.1) is 5.69 Å². The molecule has 0 atom stereocenters. The maximum Gasteiger partial charge on any atom is 0.263 e. The van der Waals surface area contributed by atoms with Crippen LogP contribution in [-0.4, -0.2) is 0 Å². The van der Waals surface area contributed by atoms with Crippen molar-refractivity contribution in [3.05, 3.63) is 29.6 Å². The van der Waals surface area contributed by atoms with Crippen molar-refractivity contribution in [1.82, 2.24) is 0 Å². The van der Waals surface area contributed by atoms with Gasteiger partial charge < -0.3 is 5.73 Å². The highest BCUT2D eigenvalue weighted by Gasteiger charge is 2.08. The van der Waals surface area contributed by atoms with Gasteiger partial charge in [0.2, 0.25) is 0 Å². The molecule has 1 aromatic rings. The average Bonchev–Trinajstić information content (AvgIpc) is 1.94. The van der Waals surface area contributed by atoms with E-state index in [9.17, 15) is 13.2 Å². The van der Waals surface area contributed by atoms with Crippen LogP contribution in [0.5, 0.6) is 0 Å². The van der Waals surface area contributed by atoms with Crippen LogP contribution in [0.3, 0.4) is 0 Å². The van der Waals surface area contributed by atoms with Gasteiger partial charge in [0, 0.05) is 5.56 Å². The van der Waals surface area contributed by atoms with Gasteiger partial charge in [-0.1, -0.05) is 6.07 Å². The summed E-state index contributed by atoms with van der Waals surface area (Å²) in [7, 11) is 0. The van der Waals surface area contributed by atoms with Crippen molar-refractivity contribution in [2.75, 3.05) is 5.73 Å². The van der Waals surface area contributed by atoms with Crippen LogP contribution in [0.25, 0.3) is 0 Å². The highest BCUT2D eigenvalue weighted by Crippen LogP contribution is 2.21. The summed E-state index contributed by atoms with van der Waals surface area (Å²) in [5.74, 6) is -0.803. The maximum atomic E-state index is 12.5. The first-order chi connectivity index (χ1) is 5.11. The molecule has 0 heterocycles. The van der Waals surface area contributed by atoms with Crippen molar-refractivity contribution in [2.24, 2.45) is 0 Å². The summed E-state index contributed by atoms with van der Waals surface area (Å²) in [5.41, 5.74) is 4.60. The normalized spacial score (nSPS) is 9.67. The standard InChI is InChI=1S/C7H6F3N.ClH/c8-5-3-4(7(9)10)1-2-6(5)11;/h1-3,7H,11H2;1H. The van der Waals surface area contributed by atoms with E-state index in [1.54, 1.807) is 0 Å². The molecule has 0 radical (unpaired) electrons. The van der Waals surface area contributed by atoms with Crippen LogP contribution in [0.15, 0.2) is 18.2 Å². The number of benzene rings is 1. The predicted molar refractivity (Wildman–Crippen MR) is 43.0 cm³/mol. The zero-order valence-corrected chi connectivity index (χ0v) is 6.75. The van der Waals surface area contributed by atoms with E-state index < -0.39 is 12.2 Å². The largest absolute Gasteiger partial charge is 0.396 e. The smallest absolute Gasteiger partial charge is 0.263 e. The number of halogens is 4. The molecule has 0 unspecified atom stereocenters. The van der Waals surface area contributed by atoms with E-state index in [1.807, 2.05) is 0 Å². The second-order valence-electron chi connectivity index (χ2n) is 2.08. The van der Waals surface area contributed by atoms with Crippen LogP contribution in [0, 0.1) is 5.82 Å². The van der Waals surface area contributed by atoms with Gasteiger partial charge in [-0.05, 0) is 12.1 Å². The number of anilines is 1. The maximum absolute atomic E-state index is 12.5. The summed E-state index contributed by atoms with van der Waals surface area (Å²) >= 11 is 0. The second kappa shape index (κ2) is 4.21. The lowest BCUT2D eigenvalue weighted by Crippen LogP contribution is -1.92. The number of alkyl halides is 2. The number of nitrogen functional groups attached to an aromatic ring is 1. The molecular formula is C7H7ClF3N. The minimum absolute atomic E-state index is 0. The third-order valence-electron chi connectivity index (χ3n) is 1.28. The van der Waals surface area contributed by atoms with Crippen LogP contribution in [0.1, 0.15) is 12.0 Å². The van der Waals surface area contributed by atoms with Crippen molar-refractivity contribution < 1.29 is 13.2 Å². The molecule has 1 aromatic carbocycles. The molecule has 2 N–H and O–H groups in total. The molecule has 0 aliphatic rings. The fourth-order valence-electron chi connectivity index (χ4n) is 0.679. The fraction of sp³-hybridized carbons (Fsp3) is 0.143. The van der Waals surface area contributed by atoms with Gasteiger partial charge in [-0.25, -0.2) is 13.2 Å². The zero-order valence-electron chi connectivity index (χ0n) is 5.93. The third kappa shape index (κ3) is 2.30. The van der Waals surface area contributed by atoms with Crippen LogP contribution in [0.4, 0.5) is 18.9 Å². The Bertz CT molecular complexity index is 265. The molecule has 0 amide bonds. The Morgan fingerprint density at radius 2 is 1.83 bits per heavy atom. The molecule has 12 heavy (non-hydrogen) atoms. The van der Waals surface area contributed by atoms with Crippen LogP contribution < -0.4 is 5.73 Å². The lowest BCUT2D eigenvalue weighted by Gasteiger charge is -2.00. The molecule has 0 spiro atoms. The molecular weight excluding hydrogens is 191 g/mol. The lowest BCUT2D eigenvalue weighted by molar-refractivity contribution is 0.151. The zero-order chi connectivity index (χ0) is 8.43. The van der Waals surface area contributed by atoms with E-state index in [-0.39, 0.29) is 23.7 Å². The van der Waals surface area contributed by atoms with E-state index in [4.69, 9.17) is 5.73 Å². The SMILES string of the molecule is Cl.Nc1ccc(C(F)F)cc1F. The molecule has 0 aliphatic heterocycles. The molecule has 0 fully saturated rings. The van der Waals surface area contributed by atoms with E-state index >= 15 is 0 Å². The Hall–Kier alpha value is -0.900. The molecule has 68 valence electrons. The van der Waals surface area contributed by atoms with Gasteiger partial charge in [0.25, 0.3) is 6.43 Å². The summed E-state index contributed by atoms with van der Waals surface area (Å²) in [5, 5.41) is 0. The van der Waals surface area contributed by atoms with Crippen molar-refractivity contribution in [3.63, 3.8) is 0 Å². The van der Waals surface area contributed by atoms with Crippen LogP contribution >= 0.6 is 12.4 Å². The molecule has 0 aromatic heterocycles. The Labute approximate surface area is 73.8 Å². The van der Waals surface area contributed by atoms with Crippen molar-refractivity contribution >= 4 is 18.1 Å². The predicted octanol–water partition coefficient (Wildman–Crippen LogP) is 2.77. The van der Waals surface area contributed by atoms with Crippen LogP contribution in [0.2, 0.25) is 0 Å². The van der Waals surface area contributed by atoms with Gasteiger partial charge in [-0.3, -0.25) is 0 Å². The topological polar surface area (TPSA) is 26.0 Å². The van der Waals surface area contributed by atoms with Gasteiger partial charge >= 0.3 is 0 Å². The lowest BCUT2D eigenvalue weighted by atomic mass is 10.2. The summed E-state index contributed by atoms with van der Waals surface area (Å²) in [6, 6.07) is 2.96. The Morgan fingerprint density at radius 1 is 1.25 bits per heavy atom.